The molecule has 11 heavy (non-hydrogen) atoms. The Morgan fingerprint density at radius 3 is 2.27 bits per heavy atom. The van der Waals surface area contributed by atoms with Gasteiger partial charge >= 0.3 is 0 Å². The molecule has 0 saturated heterocycles. The van der Waals surface area contributed by atoms with Crippen LogP contribution in [0.15, 0.2) is 24.3 Å². The fraction of sp³-hybridized carbons (Fsp3) is 0.250. The van der Waals surface area contributed by atoms with Gasteiger partial charge in [0.05, 0.1) is 5.50 Å². The van der Waals surface area contributed by atoms with Crippen LogP contribution >= 0.6 is 23.2 Å². The van der Waals surface area contributed by atoms with Gasteiger partial charge in [-0.15, -0.1) is 11.6 Å². The second-order valence-corrected chi connectivity index (χ2v) is 3.34. The summed E-state index contributed by atoms with van der Waals surface area (Å²) < 4.78 is 0. The summed E-state index contributed by atoms with van der Waals surface area (Å²) in [5, 5.41) is 0.733. The number of nitrogens with two attached hydrogens (primary N) is 1. The van der Waals surface area contributed by atoms with Crippen molar-refractivity contribution < 1.29 is 0 Å². The molecule has 0 fully saturated rings. The highest BCUT2D eigenvalue weighted by Crippen LogP contribution is 2.11. The fourth-order valence-electron chi connectivity index (χ4n) is 0.846. The van der Waals surface area contributed by atoms with Gasteiger partial charge < -0.3 is 5.73 Å². The Balaban J connectivity index is 2.66. The lowest BCUT2D eigenvalue weighted by Gasteiger charge is -2.02. The molecule has 0 radical (unpaired) electrons. The minimum Gasteiger partial charge on any atom is -0.315 e. The standard InChI is InChI=1S/C8H9Cl2N/c9-7-3-1-6(2-4-7)5-8(10)11/h1-4,8H,5,11H2. The van der Waals surface area contributed by atoms with E-state index in [2.05, 4.69) is 0 Å². The van der Waals surface area contributed by atoms with E-state index in [1.807, 2.05) is 24.3 Å². The van der Waals surface area contributed by atoms with Gasteiger partial charge in [-0.2, -0.15) is 0 Å². The minimum atomic E-state index is -0.309. The summed E-state index contributed by atoms with van der Waals surface area (Å²) in [6.45, 7) is 0. The average Bonchev–Trinajstić information content (AvgIpc) is 1.93. The fourth-order valence-corrected chi connectivity index (χ4v) is 1.15. The molecule has 0 aliphatic rings. The average molecular weight is 190 g/mol. The van der Waals surface area contributed by atoms with Crippen LogP contribution in [0.25, 0.3) is 0 Å². The van der Waals surface area contributed by atoms with E-state index in [9.17, 15) is 0 Å². The predicted octanol–water partition coefficient (Wildman–Crippen LogP) is 2.41. The molecule has 0 heterocycles. The van der Waals surface area contributed by atoms with Crippen LogP contribution in [0.1, 0.15) is 5.56 Å². The normalized spacial score (nSPS) is 13.0. The van der Waals surface area contributed by atoms with Crippen LogP contribution in [0.2, 0.25) is 5.02 Å². The van der Waals surface area contributed by atoms with Crippen LogP contribution in [0.3, 0.4) is 0 Å². The summed E-state index contributed by atoms with van der Waals surface area (Å²) in [5.74, 6) is 0. The summed E-state index contributed by atoms with van der Waals surface area (Å²) in [7, 11) is 0. The molecule has 1 atom stereocenters. The maximum Gasteiger partial charge on any atom is 0.0841 e. The van der Waals surface area contributed by atoms with E-state index in [-0.39, 0.29) is 5.50 Å². The van der Waals surface area contributed by atoms with Crippen molar-refractivity contribution in [1.29, 1.82) is 0 Å². The molecule has 2 N–H and O–H groups in total. The van der Waals surface area contributed by atoms with E-state index in [4.69, 9.17) is 28.9 Å². The van der Waals surface area contributed by atoms with Gasteiger partial charge in [-0.25, -0.2) is 0 Å². The lowest BCUT2D eigenvalue weighted by Crippen LogP contribution is -2.14. The van der Waals surface area contributed by atoms with Crippen molar-refractivity contribution in [2.75, 3.05) is 0 Å². The highest BCUT2D eigenvalue weighted by Gasteiger charge is 1.98. The Bertz CT molecular complexity index is 218. The highest BCUT2D eigenvalue weighted by molar-refractivity contribution is 6.30. The smallest absolute Gasteiger partial charge is 0.0841 e. The Kier molecular flexibility index (Phi) is 3.18. The van der Waals surface area contributed by atoms with Gasteiger partial charge in [0.25, 0.3) is 0 Å². The van der Waals surface area contributed by atoms with Gasteiger partial charge in [0.15, 0.2) is 0 Å². The second-order valence-electron chi connectivity index (χ2n) is 2.35. The number of hydrogen-bond donors (Lipinski definition) is 1. The molecule has 0 bridgehead atoms. The first-order chi connectivity index (χ1) is 5.18. The highest BCUT2D eigenvalue weighted by atomic mass is 35.5. The Labute approximate surface area is 76.1 Å². The lowest BCUT2D eigenvalue weighted by atomic mass is 10.1. The molecule has 0 spiro atoms. The lowest BCUT2D eigenvalue weighted by molar-refractivity contribution is 0.890. The van der Waals surface area contributed by atoms with E-state index >= 15 is 0 Å². The van der Waals surface area contributed by atoms with Crippen LogP contribution in [-0.4, -0.2) is 5.50 Å². The molecular weight excluding hydrogens is 181 g/mol. The van der Waals surface area contributed by atoms with E-state index in [1.165, 1.54) is 0 Å². The zero-order valence-electron chi connectivity index (χ0n) is 5.93. The maximum absolute atomic E-state index is 5.68. The van der Waals surface area contributed by atoms with E-state index in [0.29, 0.717) is 6.42 Å². The third kappa shape index (κ3) is 3.10. The van der Waals surface area contributed by atoms with Gasteiger partial charge in [-0.05, 0) is 17.7 Å². The third-order valence-corrected chi connectivity index (χ3v) is 1.75. The van der Waals surface area contributed by atoms with Crippen molar-refractivity contribution in [2.24, 2.45) is 5.73 Å². The number of halogens is 2. The Morgan fingerprint density at radius 1 is 1.27 bits per heavy atom. The summed E-state index contributed by atoms with van der Waals surface area (Å²) in [4.78, 5) is 0. The molecule has 0 saturated carbocycles. The SMILES string of the molecule is NC(Cl)Cc1ccc(Cl)cc1. The van der Waals surface area contributed by atoms with Crippen LogP contribution in [-0.2, 0) is 6.42 Å². The second kappa shape index (κ2) is 3.96. The topological polar surface area (TPSA) is 26.0 Å². The first-order valence-corrected chi connectivity index (χ1v) is 4.14. The molecule has 1 nitrogen and oxygen atoms in total. The van der Waals surface area contributed by atoms with Crippen molar-refractivity contribution in [2.45, 2.75) is 11.9 Å². The summed E-state index contributed by atoms with van der Waals surface area (Å²) >= 11 is 11.3. The number of hydrogen-bond acceptors (Lipinski definition) is 1. The molecule has 3 heteroatoms. The molecule has 0 aromatic heterocycles. The van der Waals surface area contributed by atoms with E-state index < -0.39 is 0 Å². The maximum atomic E-state index is 5.68. The number of rotatable bonds is 2. The van der Waals surface area contributed by atoms with E-state index in [1.54, 1.807) is 0 Å². The molecule has 1 unspecified atom stereocenters. The Hall–Kier alpha value is -0.240. The van der Waals surface area contributed by atoms with Gasteiger partial charge in [0.1, 0.15) is 0 Å². The molecular formula is C8H9Cl2N. The first kappa shape index (κ1) is 8.85. The van der Waals surface area contributed by atoms with Gasteiger partial charge in [0.2, 0.25) is 0 Å². The van der Waals surface area contributed by atoms with Crippen molar-refractivity contribution >= 4 is 23.2 Å². The predicted molar refractivity (Wildman–Crippen MR) is 49.0 cm³/mol. The summed E-state index contributed by atoms with van der Waals surface area (Å²) in [6.07, 6.45) is 0.679. The van der Waals surface area contributed by atoms with E-state index in [0.717, 1.165) is 10.6 Å². The van der Waals surface area contributed by atoms with Crippen molar-refractivity contribution in [3.63, 3.8) is 0 Å². The minimum absolute atomic E-state index is 0.309. The molecule has 60 valence electrons. The van der Waals surface area contributed by atoms with Crippen molar-refractivity contribution in [3.8, 4) is 0 Å². The van der Waals surface area contributed by atoms with Gasteiger partial charge in [0, 0.05) is 11.4 Å². The van der Waals surface area contributed by atoms with Gasteiger partial charge in [-0.3, -0.25) is 0 Å². The quantitative estimate of drug-likeness (QED) is 0.562. The van der Waals surface area contributed by atoms with Crippen LogP contribution in [0.4, 0.5) is 0 Å². The molecule has 0 amide bonds. The largest absolute Gasteiger partial charge is 0.315 e. The third-order valence-electron chi connectivity index (χ3n) is 1.34. The first-order valence-electron chi connectivity index (χ1n) is 3.32. The molecule has 0 aliphatic carbocycles. The molecule has 0 aliphatic heterocycles. The Morgan fingerprint density at radius 2 is 1.82 bits per heavy atom. The zero-order chi connectivity index (χ0) is 8.27. The van der Waals surface area contributed by atoms with Crippen LogP contribution < -0.4 is 5.73 Å². The summed E-state index contributed by atoms with van der Waals surface area (Å²) in [5.41, 5.74) is 6.19. The molecule has 1 rings (SSSR count). The number of benzene rings is 1. The number of alkyl halides is 1. The van der Waals surface area contributed by atoms with Crippen LogP contribution in [0, 0.1) is 0 Å². The monoisotopic (exact) mass is 189 g/mol. The van der Waals surface area contributed by atoms with Crippen molar-refractivity contribution in [3.05, 3.63) is 34.9 Å². The van der Waals surface area contributed by atoms with Crippen LogP contribution in [0.5, 0.6) is 0 Å². The zero-order valence-corrected chi connectivity index (χ0v) is 7.44. The van der Waals surface area contributed by atoms with Crippen molar-refractivity contribution in [1.82, 2.24) is 0 Å². The summed E-state index contributed by atoms with van der Waals surface area (Å²) in [6, 6.07) is 7.50. The molecule has 1 aromatic carbocycles. The van der Waals surface area contributed by atoms with Gasteiger partial charge in [-0.1, -0.05) is 23.7 Å². The molecule has 1 aromatic rings.